The predicted molar refractivity (Wildman–Crippen MR) is 117 cm³/mol. The Hall–Kier alpha value is -4.01. The van der Waals surface area contributed by atoms with E-state index in [2.05, 4.69) is 18.1 Å². The summed E-state index contributed by atoms with van der Waals surface area (Å²) in [5.74, 6) is -0.635. The van der Waals surface area contributed by atoms with Crippen molar-refractivity contribution in [2.45, 2.75) is 26.6 Å². The van der Waals surface area contributed by atoms with Gasteiger partial charge in [0.25, 0.3) is 0 Å². The summed E-state index contributed by atoms with van der Waals surface area (Å²) < 4.78 is 7.57. The normalized spacial score (nSPS) is 10.8. The van der Waals surface area contributed by atoms with Crippen molar-refractivity contribution in [3.05, 3.63) is 97.8 Å². The molecule has 0 saturated heterocycles. The number of carbonyl (C=O) groups is 1. The number of allylic oxidation sites excluding steroid dienone is 2. The summed E-state index contributed by atoms with van der Waals surface area (Å²) in [4.78, 5) is 55.5. The third kappa shape index (κ3) is 3.77. The van der Waals surface area contributed by atoms with Gasteiger partial charge >= 0.3 is 23.0 Å². The van der Waals surface area contributed by atoms with Gasteiger partial charge in [0.2, 0.25) is 0 Å². The lowest BCUT2D eigenvalue weighted by Crippen LogP contribution is -2.54. The lowest BCUT2D eigenvalue weighted by molar-refractivity contribution is 0.0598. The fourth-order valence-electron chi connectivity index (χ4n) is 3.47. The van der Waals surface area contributed by atoms with Crippen LogP contribution in [0.2, 0.25) is 0 Å². The maximum absolute atomic E-state index is 13.0. The van der Waals surface area contributed by atoms with E-state index in [0.29, 0.717) is 11.1 Å². The van der Waals surface area contributed by atoms with Crippen molar-refractivity contribution < 1.29 is 9.53 Å². The molecular weight excluding hydrogens is 400 g/mol. The quantitative estimate of drug-likeness (QED) is 0.419. The summed E-state index contributed by atoms with van der Waals surface area (Å²) in [6.45, 7) is 8.38. The van der Waals surface area contributed by atoms with E-state index in [1.807, 2.05) is 12.1 Å². The molecule has 1 aromatic carbocycles. The van der Waals surface area contributed by atoms with Crippen LogP contribution < -0.4 is 17.1 Å². The van der Waals surface area contributed by atoms with E-state index in [1.165, 1.54) is 19.3 Å². The van der Waals surface area contributed by atoms with Crippen molar-refractivity contribution in [3.8, 4) is 0 Å². The number of rotatable bonds is 7. The van der Waals surface area contributed by atoms with Gasteiger partial charge < -0.3 is 4.74 Å². The molecule has 0 amide bonds. The molecule has 0 spiro atoms. The molecule has 0 aliphatic heterocycles. The van der Waals surface area contributed by atoms with Gasteiger partial charge in [0.05, 0.1) is 43.5 Å². The van der Waals surface area contributed by atoms with Crippen LogP contribution >= 0.6 is 0 Å². The fraction of sp³-hybridized carbons (Fsp3) is 0.227. The Morgan fingerprint density at radius 3 is 2.10 bits per heavy atom. The monoisotopic (exact) mass is 422 g/mol. The van der Waals surface area contributed by atoms with E-state index < -0.39 is 23.0 Å². The van der Waals surface area contributed by atoms with Crippen LogP contribution in [0.5, 0.6) is 0 Å². The van der Waals surface area contributed by atoms with Gasteiger partial charge in [-0.15, -0.1) is 13.2 Å². The summed E-state index contributed by atoms with van der Waals surface area (Å²) in [5, 5.41) is 0.750. The summed E-state index contributed by atoms with van der Waals surface area (Å²) in [5.41, 5.74) is -0.826. The molecule has 0 saturated carbocycles. The molecule has 2 aromatic heterocycles. The number of hydrogen-bond acceptors (Lipinski definition) is 6. The molecule has 3 rings (SSSR count). The van der Waals surface area contributed by atoms with Crippen molar-refractivity contribution in [2.24, 2.45) is 0 Å². The first-order valence-electron chi connectivity index (χ1n) is 9.48. The zero-order valence-electron chi connectivity index (χ0n) is 17.3. The Morgan fingerprint density at radius 2 is 1.55 bits per heavy atom. The molecule has 31 heavy (non-hydrogen) atoms. The average Bonchev–Trinajstić information content (AvgIpc) is 2.77. The maximum atomic E-state index is 13.0. The lowest BCUT2D eigenvalue weighted by Gasteiger charge is -2.15. The second-order valence-corrected chi connectivity index (χ2v) is 6.80. The van der Waals surface area contributed by atoms with Crippen molar-refractivity contribution in [1.82, 2.24) is 18.7 Å². The molecule has 2 heterocycles. The second-order valence-electron chi connectivity index (χ2n) is 6.80. The first-order chi connectivity index (χ1) is 14.8. The average molecular weight is 422 g/mol. The van der Waals surface area contributed by atoms with Crippen LogP contribution in [0.25, 0.3) is 10.9 Å². The van der Waals surface area contributed by atoms with Crippen LogP contribution in [-0.2, 0) is 24.4 Å². The number of pyridine rings is 1. The number of para-hydroxylation sites is 1. The number of aromatic nitrogens is 4. The largest absolute Gasteiger partial charge is 0.465 e. The Labute approximate surface area is 177 Å². The molecule has 0 aliphatic carbocycles. The minimum atomic E-state index is -0.821. The minimum Gasteiger partial charge on any atom is -0.465 e. The van der Waals surface area contributed by atoms with E-state index in [0.717, 1.165) is 19.1 Å². The molecule has 0 fully saturated rings. The van der Waals surface area contributed by atoms with Crippen LogP contribution in [0.1, 0.15) is 21.6 Å². The summed E-state index contributed by atoms with van der Waals surface area (Å²) >= 11 is 0. The van der Waals surface area contributed by atoms with E-state index in [-0.39, 0.29) is 30.9 Å². The zero-order valence-corrected chi connectivity index (χ0v) is 17.3. The first-order valence-corrected chi connectivity index (χ1v) is 9.48. The van der Waals surface area contributed by atoms with Crippen LogP contribution in [0.4, 0.5) is 0 Å². The lowest BCUT2D eigenvalue weighted by atomic mass is 10.0. The molecule has 0 bridgehead atoms. The van der Waals surface area contributed by atoms with Gasteiger partial charge in [-0.3, -0.25) is 0 Å². The summed E-state index contributed by atoms with van der Waals surface area (Å²) in [6, 6.07) is 7.21. The third-order valence-corrected chi connectivity index (χ3v) is 4.93. The van der Waals surface area contributed by atoms with Gasteiger partial charge in [0.1, 0.15) is 0 Å². The SMILES string of the molecule is C=CCn1c(=O)n(CC=C)c(=O)n(Cc2nc3ccccc3c(C)c2C(=O)OC)c1=O. The first kappa shape index (κ1) is 21.7. The molecule has 160 valence electrons. The van der Waals surface area contributed by atoms with Gasteiger partial charge in [0.15, 0.2) is 0 Å². The molecular formula is C22H22N4O5. The standard InChI is InChI=1S/C22H22N4O5/c1-5-11-24-20(28)25(12-6-2)22(30)26(21(24)29)13-17-18(19(27)31-4)14(3)15-9-7-8-10-16(15)23-17/h5-10H,1-2,11-13H2,3-4H3. The number of fused-ring (bicyclic) bond motifs is 1. The number of methoxy groups -OCH3 is 1. The predicted octanol–water partition coefficient (Wildman–Crippen LogP) is 1.24. The Morgan fingerprint density at radius 1 is 1.00 bits per heavy atom. The van der Waals surface area contributed by atoms with Crippen LogP contribution in [0.3, 0.4) is 0 Å². The number of ether oxygens (including phenoxy) is 1. The highest BCUT2D eigenvalue weighted by Gasteiger charge is 2.22. The van der Waals surface area contributed by atoms with E-state index in [9.17, 15) is 19.2 Å². The fourth-order valence-corrected chi connectivity index (χ4v) is 3.47. The van der Waals surface area contributed by atoms with Crippen LogP contribution in [-0.4, -0.2) is 31.8 Å². The van der Waals surface area contributed by atoms with Gasteiger partial charge in [-0.1, -0.05) is 30.4 Å². The highest BCUT2D eigenvalue weighted by Crippen LogP contribution is 2.23. The molecule has 0 unspecified atom stereocenters. The van der Waals surface area contributed by atoms with E-state index in [4.69, 9.17) is 4.74 Å². The Bertz CT molecular complexity index is 1330. The highest BCUT2D eigenvalue weighted by atomic mass is 16.5. The van der Waals surface area contributed by atoms with Gasteiger partial charge in [-0.05, 0) is 18.6 Å². The molecule has 0 aliphatic rings. The number of hydrogen-bond donors (Lipinski definition) is 0. The molecule has 9 heteroatoms. The molecule has 0 atom stereocenters. The number of nitrogens with zero attached hydrogens (tertiary/aromatic N) is 4. The van der Waals surface area contributed by atoms with Crippen molar-refractivity contribution in [1.29, 1.82) is 0 Å². The third-order valence-electron chi connectivity index (χ3n) is 4.93. The van der Waals surface area contributed by atoms with Crippen LogP contribution in [0, 0.1) is 6.92 Å². The maximum Gasteiger partial charge on any atom is 0.340 e. The number of carbonyl (C=O) groups excluding carboxylic acids is 1. The summed E-state index contributed by atoms with van der Waals surface area (Å²) in [7, 11) is 1.24. The van der Waals surface area contributed by atoms with Gasteiger partial charge in [-0.2, -0.15) is 0 Å². The number of esters is 1. The van der Waals surface area contributed by atoms with Gasteiger partial charge in [0, 0.05) is 5.39 Å². The van der Waals surface area contributed by atoms with Crippen molar-refractivity contribution in [2.75, 3.05) is 7.11 Å². The van der Waals surface area contributed by atoms with Gasteiger partial charge in [-0.25, -0.2) is 37.9 Å². The highest BCUT2D eigenvalue weighted by molar-refractivity contribution is 5.98. The van der Waals surface area contributed by atoms with E-state index >= 15 is 0 Å². The van der Waals surface area contributed by atoms with E-state index in [1.54, 1.807) is 19.1 Å². The number of aryl methyl sites for hydroxylation is 1. The molecule has 9 nitrogen and oxygen atoms in total. The molecule has 0 N–H and O–H groups in total. The number of benzene rings is 1. The minimum absolute atomic E-state index is 0.0802. The molecule has 0 radical (unpaired) electrons. The Balaban J connectivity index is 2.34. The summed E-state index contributed by atoms with van der Waals surface area (Å²) in [6.07, 6.45) is 2.77. The van der Waals surface area contributed by atoms with Crippen LogP contribution in [0.15, 0.2) is 64.0 Å². The Kier molecular flexibility index (Phi) is 6.15. The zero-order chi connectivity index (χ0) is 22.7. The smallest absolute Gasteiger partial charge is 0.340 e. The topological polar surface area (TPSA) is 105 Å². The van der Waals surface area contributed by atoms with Crippen molar-refractivity contribution >= 4 is 16.9 Å². The second kappa shape index (κ2) is 8.78. The molecule has 3 aromatic rings. The van der Waals surface area contributed by atoms with Crippen molar-refractivity contribution in [3.63, 3.8) is 0 Å².